The lowest BCUT2D eigenvalue weighted by Crippen LogP contribution is -2.46. The van der Waals surface area contributed by atoms with Crippen molar-refractivity contribution in [2.24, 2.45) is 0 Å². The Bertz CT molecular complexity index is 779. The van der Waals surface area contributed by atoms with Gasteiger partial charge in [0.05, 0.1) is 12.1 Å². The van der Waals surface area contributed by atoms with Crippen molar-refractivity contribution in [3.8, 4) is 5.69 Å². The Morgan fingerprint density at radius 2 is 1.83 bits per heavy atom. The Hall–Kier alpha value is -2.67. The molecule has 0 radical (unpaired) electrons. The monoisotopic (exact) mass is 334 g/mol. The van der Waals surface area contributed by atoms with Crippen molar-refractivity contribution in [2.75, 3.05) is 6.54 Å². The maximum absolute atomic E-state index is 13.1. The lowest BCUT2D eigenvalue weighted by molar-refractivity contribution is -0.155. The summed E-state index contributed by atoms with van der Waals surface area (Å²) in [6.45, 7) is 4.24. The number of aliphatic carboxylic acids is 1. The number of rotatable bonds is 5. The summed E-state index contributed by atoms with van der Waals surface area (Å²) >= 11 is 0. The molecule has 7 heteroatoms. The second-order valence-corrected chi connectivity index (χ2v) is 5.86. The molecular weight excluding hydrogens is 315 g/mol. The molecule has 3 N–H and O–H groups in total. The highest BCUT2D eigenvalue weighted by Gasteiger charge is 2.30. The molecule has 128 valence electrons. The van der Waals surface area contributed by atoms with Gasteiger partial charge in [-0.25, -0.2) is 9.18 Å². The average Bonchev–Trinajstić information content (AvgIpc) is 2.81. The Labute approximate surface area is 138 Å². The van der Waals surface area contributed by atoms with Crippen molar-refractivity contribution >= 4 is 11.9 Å². The summed E-state index contributed by atoms with van der Waals surface area (Å²) in [5, 5.41) is 20.9. The van der Waals surface area contributed by atoms with Gasteiger partial charge in [0.2, 0.25) is 0 Å². The molecule has 6 nitrogen and oxygen atoms in total. The zero-order valence-electron chi connectivity index (χ0n) is 13.6. The smallest absolute Gasteiger partial charge is 0.337 e. The predicted octanol–water partition coefficient (Wildman–Crippen LogP) is 1.80. The van der Waals surface area contributed by atoms with E-state index in [4.69, 9.17) is 5.11 Å². The fraction of sp³-hybridized carbons (Fsp3) is 0.294. The van der Waals surface area contributed by atoms with Gasteiger partial charge in [-0.1, -0.05) is 0 Å². The molecule has 24 heavy (non-hydrogen) atoms. The zero-order valence-corrected chi connectivity index (χ0v) is 13.6. The third kappa shape index (κ3) is 3.46. The van der Waals surface area contributed by atoms with Crippen LogP contribution < -0.4 is 5.32 Å². The summed E-state index contributed by atoms with van der Waals surface area (Å²) < 4.78 is 14.9. The van der Waals surface area contributed by atoms with Crippen molar-refractivity contribution in [1.82, 2.24) is 9.88 Å². The van der Waals surface area contributed by atoms with Crippen LogP contribution in [0.1, 0.15) is 28.7 Å². The first kappa shape index (κ1) is 17.7. The molecule has 0 saturated carbocycles. The standard InChI is InChI=1S/C17H19FN2O4/c1-10-8-14(15(21)19-9-17(3,24)16(22)23)11(2)20(10)13-6-4-12(18)5-7-13/h4-8,24H,9H2,1-3H3,(H,19,21)(H,22,23). The van der Waals surface area contributed by atoms with Gasteiger partial charge in [0, 0.05) is 17.1 Å². The number of carbonyl (C=O) groups is 2. The number of carbonyl (C=O) groups excluding carboxylic acids is 1. The molecule has 0 spiro atoms. The molecule has 2 rings (SSSR count). The summed E-state index contributed by atoms with van der Waals surface area (Å²) in [5.41, 5.74) is 0.430. The van der Waals surface area contributed by atoms with Crippen LogP contribution >= 0.6 is 0 Å². The normalized spacial score (nSPS) is 13.4. The van der Waals surface area contributed by atoms with Gasteiger partial charge in [0.1, 0.15) is 5.82 Å². The number of amides is 1. The number of halogens is 1. The number of hydrogen-bond acceptors (Lipinski definition) is 3. The Kier molecular flexibility index (Phi) is 4.75. The van der Waals surface area contributed by atoms with Crippen molar-refractivity contribution < 1.29 is 24.2 Å². The summed E-state index contributed by atoms with van der Waals surface area (Å²) in [5.74, 6) is -2.26. The van der Waals surface area contributed by atoms with E-state index in [2.05, 4.69) is 5.32 Å². The molecule has 2 aromatic rings. The molecule has 0 bridgehead atoms. The molecule has 0 aliphatic carbocycles. The summed E-state index contributed by atoms with van der Waals surface area (Å²) in [4.78, 5) is 23.2. The lowest BCUT2D eigenvalue weighted by Gasteiger charge is -2.18. The number of aromatic nitrogens is 1. The number of nitrogens with one attached hydrogen (secondary N) is 1. The van der Waals surface area contributed by atoms with Gasteiger partial charge in [-0.15, -0.1) is 0 Å². The van der Waals surface area contributed by atoms with Gasteiger partial charge in [0.15, 0.2) is 5.60 Å². The molecular formula is C17H19FN2O4. The Morgan fingerprint density at radius 1 is 1.25 bits per heavy atom. The number of carboxylic acid groups (broad SMARTS) is 1. The molecule has 1 aromatic heterocycles. The van der Waals surface area contributed by atoms with E-state index < -0.39 is 24.0 Å². The Morgan fingerprint density at radius 3 is 2.38 bits per heavy atom. The van der Waals surface area contributed by atoms with E-state index in [1.54, 1.807) is 36.6 Å². The molecule has 0 aliphatic rings. The van der Waals surface area contributed by atoms with Crippen LogP contribution in [-0.2, 0) is 4.79 Å². The number of aryl methyl sites for hydroxylation is 1. The van der Waals surface area contributed by atoms with Gasteiger partial charge in [0.25, 0.3) is 5.91 Å². The molecule has 1 atom stereocenters. The summed E-state index contributed by atoms with van der Waals surface area (Å²) in [6, 6.07) is 7.53. The van der Waals surface area contributed by atoms with Crippen molar-refractivity contribution in [1.29, 1.82) is 0 Å². The Balaban J connectivity index is 2.26. The highest BCUT2D eigenvalue weighted by molar-refractivity contribution is 5.96. The minimum absolute atomic E-state index is 0.352. The summed E-state index contributed by atoms with van der Waals surface area (Å²) in [6.07, 6.45) is 0. The highest BCUT2D eigenvalue weighted by atomic mass is 19.1. The molecule has 1 aromatic carbocycles. The van der Waals surface area contributed by atoms with E-state index in [1.807, 2.05) is 0 Å². The van der Waals surface area contributed by atoms with Crippen LogP contribution in [0.4, 0.5) is 4.39 Å². The maximum Gasteiger partial charge on any atom is 0.337 e. The van der Waals surface area contributed by atoms with E-state index >= 15 is 0 Å². The van der Waals surface area contributed by atoms with E-state index in [9.17, 15) is 19.1 Å². The molecule has 1 heterocycles. The molecule has 0 aliphatic heterocycles. The highest BCUT2D eigenvalue weighted by Crippen LogP contribution is 2.21. The van der Waals surface area contributed by atoms with Gasteiger partial charge < -0.3 is 20.1 Å². The van der Waals surface area contributed by atoms with E-state index in [0.717, 1.165) is 12.6 Å². The van der Waals surface area contributed by atoms with Crippen LogP contribution in [0.2, 0.25) is 0 Å². The summed E-state index contributed by atoms with van der Waals surface area (Å²) in [7, 11) is 0. The molecule has 0 saturated heterocycles. The average molecular weight is 334 g/mol. The number of hydrogen-bond donors (Lipinski definition) is 3. The first-order chi connectivity index (χ1) is 11.1. The SMILES string of the molecule is Cc1cc(C(=O)NCC(C)(O)C(=O)O)c(C)n1-c1ccc(F)cc1. The van der Waals surface area contributed by atoms with Crippen molar-refractivity contribution in [3.63, 3.8) is 0 Å². The zero-order chi connectivity index (χ0) is 18.1. The van der Waals surface area contributed by atoms with Crippen LogP contribution in [0.5, 0.6) is 0 Å². The second kappa shape index (κ2) is 6.45. The molecule has 1 amide bonds. The largest absolute Gasteiger partial charge is 0.479 e. The van der Waals surface area contributed by atoms with Crippen LogP contribution in [0, 0.1) is 19.7 Å². The van der Waals surface area contributed by atoms with Crippen LogP contribution in [0.25, 0.3) is 5.69 Å². The van der Waals surface area contributed by atoms with E-state index in [-0.39, 0.29) is 5.82 Å². The number of carboxylic acids is 1. The maximum atomic E-state index is 13.1. The lowest BCUT2D eigenvalue weighted by atomic mass is 10.1. The van der Waals surface area contributed by atoms with E-state index in [1.165, 1.54) is 12.1 Å². The topological polar surface area (TPSA) is 91.6 Å². The van der Waals surface area contributed by atoms with Crippen molar-refractivity contribution in [2.45, 2.75) is 26.4 Å². The van der Waals surface area contributed by atoms with Crippen LogP contribution in [0.3, 0.4) is 0 Å². The predicted molar refractivity (Wildman–Crippen MR) is 85.8 cm³/mol. The first-order valence-electron chi connectivity index (χ1n) is 7.32. The third-order valence-corrected chi connectivity index (χ3v) is 3.81. The fourth-order valence-electron chi connectivity index (χ4n) is 2.40. The van der Waals surface area contributed by atoms with Crippen molar-refractivity contribution in [3.05, 3.63) is 53.1 Å². The number of nitrogens with zero attached hydrogens (tertiary/aromatic N) is 1. The fourth-order valence-corrected chi connectivity index (χ4v) is 2.40. The van der Waals surface area contributed by atoms with Gasteiger partial charge in [-0.2, -0.15) is 0 Å². The molecule has 0 fully saturated rings. The van der Waals surface area contributed by atoms with Gasteiger partial charge in [-0.05, 0) is 51.1 Å². The second-order valence-electron chi connectivity index (χ2n) is 5.86. The third-order valence-electron chi connectivity index (χ3n) is 3.81. The van der Waals surface area contributed by atoms with Gasteiger partial charge >= 0.3 is 5.97 Å². The van der Waals surface area contributed by atoms with E-state index in [0.29, 0.717) is 16.9 Å². The number of aliphatic hydroxyl groups is 1. The molecule has 1 unspecified atom stereocenters. The minimum atomic E-state index is -2.04. The van der Waals surface area contributed by atoms with Gasteiger partial charge in [-0.3, -0.25) is 4.79 Å². The van der Waals surface area contributed by atoms with Crippen LogP contribution in [-0.4, -0.2) is 38.8 Å². The van der Waals surface area contributed by atoms with Crippen LogP contribution in [0.15, 0.2) is 30.3 Å². The quantitative estimate of drug-likeness (QED) is 0.777. The first-order valence-corrected chi connectivity index (χ1v) is 7.32. The minimum Gasteiger partial charge on any atom is -0.479 e. The number of benzene rings is 1.